The highest BCUT2D eigenvalue weighted by Gasteiger charge is 2.33. The first-order valence-corrected chi connectivity index (χ1v) is 6.82. The van der Waals surface area contributed by atoms with Gasteiger partial charge >= 0.3 is 5.69 Å². The van der Waals surface area contributed by atoms with Gasteiger partial charge in [0.2, 0.25) is 5.82 Å². The SMILES string of the molecule is NCC1(Cc2ccc([N+](=O)[O-])c(F)c2)CCCS1. The summed E-state index contributed by atoms with van der Waals surface area (Å²) in [5.41, 5.74) is 6.11. The Hall–Kier alpha value is -1.14. The van der Waals surface area contributed by atoms with Gasteiger partial charge in [0.05, 0.1) is 4.92 Å². The molecule has 4 nitrogen and oxygen atoms in total. The highest BCUT2D eigenvalue weighted by Crippen LogP contribution is 2.40. The second kappa shape index (κ2) is 5.24. The maximum atomic E-state index is 13.5. The van der Waals surface area contributed by atoms with E-state index in [1.807, 2.05) is 11.8 Å². The van der Waals surface area contributed by atoms with Crippen molar-refractivity contribution in [3.8, 4) is 0 Å². The van der Waals surface area contributed by atoms with Crippen LogP contribution in [0.3, 0.4) is 0 Å². The molecule has 1 aromatic rings. The molecule has 0 bridgehead atoms. The number of benzene rings is 1. The monoisotopic (exact) mass is 270 g/mol. The van der Waals surface area contributed by atoms with Gasteiger partial charge in [0.1, 0.15) is 0 Å². The van der Waals surface area contributed by atoms with Crippen molar-refractivity contribution in [3.05, 3.63) is 39.7 Å². The molecule has 1 aliphatic rings. The third-order valence-electron chi connectivity index (χ3n) is 3.29. The molecule has 0 amide bonds. The largest absolute Gasteiger partial charge is 0.329 e. The summed E-state index contributed by atoms with van der Waals surface area (Å²) in [6.07, 6.45) is 2.81. The predicted octanol–water partition coefficient (Wildman–Crippen LogP) is 2.50. The van der Waals surface area contributed by atoms with Crippen LogP contribution >= 0.6 is 11.8 Å². The third kappa shape index (κ3) is 2.64. The van der Waals surface area contributed by atoms with E-state index in [4.69, 9.17) is 5.73 Å². The first-order valence-electron chi connectivity index (χ1n) is 5.83. The maximum absolute atomic E-state index is 13.5. The summed E-state index contributed by atoms with van der Waals surface area (Å²) in [7, 11) is 0. The Bertz CT molecular complexity index is 461. The first-order chi connectivity index (χ1) is 8.56. The molecule has 1 fully saturated rings. The Morgan fingerprint density at radius 1 is 1.56 bits per heavy atom. The van der Waals surface area contributed by atoms with Gasteiger partial charge in [0, 0.05) is 17.4 Å². The van der Waals surface area contributed by atoms with E-state index in [1.165, 1.54) is 12.1 Å². The van der Waals surface area contributed by atoms with Crippen molar-refractivity contribution in [1.29, 1.82) is 0 Å². The Kier molecular flexibility index (Phi) is 3.87. The molecule has 1 unspecified atom stereocenters. The Labute approximate surface area is 109 Å². The highest BCUT2D eigenvalue weighted by molar-refractivity contribution is 8.00. The van der Waals surface area contributed by atoms with E-state index in [0.717, 1.165) is 24.2 Å². The molecular weight excluding hydrogens is 255 g/mol. The van der Waals surface area contributed by atoms with Gasteiger partial charge in [-0.3, -0.25) is 10.1 Å². The second-order valence-corrected chi connectivity index (χ2v) is 6.12. The van der Waals surface area contributed by atoms with Crippen LogP contribution in [0.2, 0.25) is 0 Å². The Morgan fingerprint density at radius 2 is 2.33 bits per heavy atom. The molecule has 6 heteroatoms. The minimum atomic E-state index is -0.771. The van der Waals surface area contributed by atoms with Crippen molar-refractivity contribution in [2.24, 2.45) is 5.73 Å². The molecule has 0 aromatic heterocycles. The smallest absolute Gasteiger partial charge is 0.304 e. The molecule has 1 heterocycles. The standard InChI is InChI=1S/C12H15FN2O2S/c13-10-6-9(2-3-11(10)15(16)17)7-12(8-14)4-1-5-18-12/h2-3,6H,1,4-5,7-8,14H2. The zero-order valence-corrected chi connectivity index (χ0v) is 10.7. The molecule has 1 saturated heterocycles. The van der Waals surface area contributed by atoms with Crippen molar-refractivity contribution in [2.75, 3.05) is 12.3 Å². The van der Waals surface area contributed by atoms with Crippen molar-refractivity contribution in [3.63, 3.8) is 0 Å². The van der Waals surface area contributed by atoms with Crippen molar-refractivity contribution in [2.45, 2.75) is 24.0 Å². The van der Waals surface area contributed by atoms with Crippen LogP contribution in [-0.4, -0.2) is 22.0 Å². The lowest BCUT2D eigenvalue weighted by Crippen LogP contribution is -2.34. The summed E-state index contributed by atoms with van der Waals surface area (Å²) in [6, 6.07) is 4.11. The minimum absolute atomic E-state index is 0.0252. The molecule has 0 aliphatic carbocycles. The van der Waals surface area contributed by atoms with Crippen LogP contribution in [0.5, 0.6) is 0 Å². The Balaban J connectivity index is 2.19. The number of thioether (sulfide) groups is 1. The number of hydrogen-bond acceptors (Lipinski definition) is 4. The average molecular weight is 270 g/mol. The summed E-state index contributed by atoms with van der Waals surface area (Å²) in [5.74, 6) is 0.305. The summed E-state index contributed by atoms with van der Waals surface area (Å²) >= 11 is 1.82. The van der Waals surface area contributed by atoms with E-state index in [1.54, 1.807) is 6.07 Å². The van der Waals surface area contributed by atoms with Gasteiger partial charge in [-0.05, 0) is 36.6 Å². The van der Waals surface area contributed by atoms with E-state index < -0.39 is 16.4 Å². The number of hydrogen-bond donors (Lipinski definition) is 1. The summed E-state index contributed by atoms with van der Waals surface area (Å²) < 4.78 is 13.5. The Morgan fingerprint density at radius 3 is 2.83 bits per heavy atom. The van der Waals surface area contributed by atoms with Gasteiger partial charge in [-0.1, -0.05) is 6.07 Å². The topological polar surface area (TPSA) is 69.2 Å². The van der Waals surface area contributed by atoms with Crippen LogP contribution in [-0.2, 0) is 6.42 Å². The van der Waals surface area contributed by atoms with Gasteiger partial charge in [0.15, 0.2) is 0 Å². The van der Waals surface area contributed by atoms with Crippen LogP contribution in [0.4, 0.5) is 10.1 Å². The molecule has 18 heavy (non-hydrogen) atoms. The molecule has 0 spiro atoms. The molecule has 0 saturated carbocycles. The maximum Gasteiger partial charge on any atom is 0.304 e. The molecule has 1 aromatic carbocycles. The van der Waals surface area contributed by atoms with Gasteiger partial charge < -0.3 is 5.73 Å². The van der Waals surface area contributed by atoms with Crippen LogP contribution < -0.4 is 5.73 Å². The van der Waals surface area contributed by atoms with Gasteiger partial charge in [-0.2, -0.15) is 16.2 Å². The van der Waals surface area contributed by atoms with E-state index in [9.17, 15) is 14.5 Å². The lowest BCUT2D eigenvalue weighted by molar-refractivity contribution is -0.387. The fourth-order valence-corrected chi connectivity index (χ4v) is 3.71. The summed E-state index contributed by atoms with van der Waals surface area (Å²) in [6.45, 7) is 0.552. The minimum Gasteiger partial charge on any atom is -0.329 e. The zero-order chi connectivity index (χ0) is 13.2. The number of nitrogens with two attached hydrogens (primary N) is 1. The van der Waals surface area contributed by atoms with Crippen molar-refractivity contribution in [1.82, 2.24) is 0 Å². The van der Waals surface area contributed by atoms with Crippen LogP contribution in [0.25, 0.3) is 0 Å². The number of nitro benzene ring substituents is 1. The number of halogens is 1. The van der Waals surface area contributed by atoms with Crippen molar-refractivity contribution < 1.29 is 9.31 Å². The molecule has 98 valence electrons. The van der Waals surface area contributed by atoms with Crippen LogP contribution in [0.1, 0.15) is 18.4 Å². The lowest BCUT2D eigenvalue weighted by Gasteiger charge is -2.26. The normalized spacial score (nSPS) is 23.2. The molecule has 1 aliphatic heterocycles. The molecule has 2 rings (SSSR count). The summed E-state index contributed by atoms with van der Waals surface area (Å²) in [4.78, 5) is 9.83. The predicted molar refractivity (Wildman–Crippen MR) is 70.2 cm³/mol. The van der Waals surface area contributed by atoms with E-state index in [-0.39, 0.29) is 4.75 Å². The molecule has 0 radical (unpaired) electrons. The van der Waals surface area contributed by atoms with Crippen LogP contribution in [0.15, 0.2) is 18.2 Å². The lowest BCUT2D eigenvalue weighted by atomic mass is 9.94. The highest BCUT2D eigenvalue weighted by atomic mass is 32.2. The molecule has 2 N–H and O–H groups in total. The number of nitrogens with zero attached hydrogens (tertiary/aromatic N) is 1. The molecule has 1 atom stereocenters. The van der Waals surface area contributed by atoms with Gasteiger partial charge in [-0.25, -0.2) is 0 Å². The van der Waals surface area contributed by atoms with E-state index >= 15 is 0 Å². The first kappa shape index (κ1) is 13.3. The van der Waals surface area contributed by atoms with E-state index in [2.05, 4.69) is 0 Å². The number of rotatable bonds is 4. The average Bonchev–Trinajstić information content (AvgIpc) is 2.78. The van der Waals surface area contributed by atoms with E-state index in [0.29, 0.717) is 13.0 Å². The third-order valence-corrected chi connectivity index (χ3v) is 4.91. The summed E-state index contributed by atoms with van der Waals surface area (Å²) in [5, 5.41) is 10.5. The quantitative estimate of drug-likeness (QED) is 0.674. The van der Waals surface area contributed by atoms with Gasteiger partial charge in [0.25, 0.3) is 0 Å². The fourth-order valence-electron chi connectivity index (χ4n) is 2.31. The van der Waals surface area contributed by atoms with Crippen molar-refractivity contribution >= 4 is 17.4 Å². The van der Waals surface area contributed by atoms with Gasteiger partial charge in [-0.15, -0.1) is 0 Å². The fraction of sp³-hybridized carbons (Fsp3) is 0.500. The zero-order valence-electron chi connectivity index (χ0n) is 9.89. The second-order valence-electron chi connectivity index (χ2n) is 4.56. The number of nitro groups is 1. The molecular formula is C12H15FN2O2S. The van der Waals surface area contributed by atoms with Crippen LogP contribution in [0, 0.1) is 15.9 Å².